The Morgan fingerprint density at radius 1 is 1.12 bits per heavy atom. The van der Waals surface area contributed by atoms with E-state index in [0.717, 1.165) is 43.6 Å². The van der Waals surface area contributed by atoms with Crippen LogP contribution in [0.1, 0.15) is 51.0 Å². The quantitative estimate of drug-likeness (QED) is 0.729. The highest BCUT2D eigenvalue weighted by molar-refractivity contribution is 7.15. The number of rotatable bonds is 2. The number of aryl methyl sites for hydroxylation is 2. The van der Waals surface area contributed by atoms with E-state index >= 15 is 0 Å². The van der Waals surface area contributed by atoms with E-state index in [9.17, 15) is 4.79 Å². The molecule has 2 aliphatic rings. The van der Waals surface area contributed by atoms with E-state index in [0.29, 0.717) is 6.61 Å². The van der Waals surface area contributed by atoms with E-state index in [2.05, 4.69) is 42.3 Å². The summed E-state index contributed by atoms with van der Waals surface area (Å²) in [6.45, 7) is 4.49. The number of benzene rings is 1. The highest BCUT2D eigenvalue weighted by atomic mass is 32.1. The lowest BCUT2D eigenvalue weighted by atomic mass is 9.90. The lowest BCUT2D eigenvalue weighted by Crippen LogP contribution is -2.26. The molecule has 1 aliphatic carbocycles. The van der Waals surface area contributed by atoms with Gasteiger partial charge in [0.15, 0.2) is 0 Å². The minimum absolute atomic E-state index is 0.188. The zero-order chi connectivity index (χ0) is 18.1. The van der Waals surface area contributed by atoms with Crippen LogP contribution >= 0.6 is 11.3 Å². The number of piperidine rings is 1. The molecule has 1 fully saturated rings. The van der Waals surface area contributed by atoms with Gasteiger partial charge in [-0.3, -0.25) is 0 Å². The summed E-state index contributed by atoms with van der Waals surface area (Å²) in [5.41, 5.74) is 7.02. The molecule has 136 valence electrons. The third-order valence-electron chi connectivity index (χ3n) is 5.41. The molecule has 4 heteroatoms. The predicted octanol–water partition coefficient (Wildman–Crippen LogP) is 4.55. The predicted molar refractivity (Wildman–Crippen MR) is 107 cm³/mol. The number of carbonyl (C=O) groups excluding carboxylic acids is 1. The molecule has 0 unspecified atom stereocenters. The van der Waals surface area contributed by atoms with E-state index < -0.39 is 0 Å². The number of carbonyl (C=O) groups is 1. The molecule has 0 radical (unpaired) electrons. The number of ether oxygens (including phenoxy) is 1. The normalized spacial score (nSPS) is 17.5. The molecule has 2 aromatic rings. The van der Waals surface area contributed by atoms with Crippen molar-refractivity contribution < 1.29 is 9.53 Å². The number of nitrogens with zero attached hydrogens (tertiary/aromatic N) is 1. The Hall–Kier alpha value is -1.91. The van der Waals surface area contributed by atoms with E-state index in [-0.39, 0.29) is 5.97 Å². The standard InChI is InChI=1S/C22H25NO2S/c1-3-25-22(24)19-14-17-9-8-15-6-4-5-7-18(15)20(21(17)26-19)16-10-12-23(2)13-11-16/h4-7,14H,3,8-13H2,1-2H3. The van der Waals surface area contributed by atoms with Gasteiger partial charge in [0.2, 0.25) is 0 Å². The van der Waals surface area contributed by atoms with E-state index in [1.165, 1.54) is 32.7 Å². The Bertz CT molecular complexity index is 855. The van der Waals surface area contributed by atoms with Crippen LogP contribution in [0, 0.1) is 0 Å². The fourth-order valence-corrected chi connectivity index (χ4v) is 5.20. The molecule has 1 aromatic heterocycles. The van der Waals surface area contributed by atoms with Gasteiger partial charge >= 0.3 is 5.97 Å². The molecular weight excluding hydrogens is 342 g/mol. The van der Waals surface area contributed by atoms with Crippen LogP contribution in [-0.4, -0.2) is 37.6 Å². The number of hydrogen-bond donors (Lipinski definition) is 0. The van der Waals surface area contributed by atoms with E-state index in [1.54, 1.807) is 11.3 Å². The largest absolute Gasteiger partial charge is 0.462 e. The maximum atomic E-state index is 12.3. The third kappa shape index (κ3) is 3.24. The minimum Gasteiger partial charge on any atom is -0.462 e. The zero-order valence-electron chi connectivity index (χ0n) is 15.5. The van der Waals surface area contributed by atoms with Gasteiger partial charge in [-0.05, 0) is 68.0 Å². The van der Waals surface area contributed by atoms with Crippen molar-refractivity contribution in [3.8, 4) is 0 Å². The summed E-state index contributed by atoms with van der Waals surface area (Å²) in [7, 11) is 2.19. The average molecular weight is 368 g/mol. The fourth-order valence-electron chi connectivity index (χ4n) is 3.99. The summed E-state index contributed by atoms with van der Waals surface area (Å²) in [4.78, 5) is 16.7. The van der Waals surface area contributed by atoms with Crippen LogP contribution in [0.3, 0.4) is 0 Å². The van der Waals surface area contributed by atoms with Gasteiger partial charge in [0, 0.05) is 18.0 Å². The molecule has 1 aromatic carbocycles. The highest BCUT2D eigenvalue weighted by Crippen LogP contribution is 2.42. The van der Waals surface area contributed by atoms with E-state index in [4.69, 9.17) is 4.74 Å². The average Bonchev–Trinajstić information content (AvgIpc) is 3.00. The maximum Gasteiger partial charge on any atom is 0.348 e. The number of esters is 1. The second kappa shape index (κ2) is 7.37. The monoisotopic (exact) mass is 367 g/mol. The number of likely N-dealkylation sites (tertiary alicyclic amines) is 1. The second-order valence-electron chi connectivity index (χ2n) is 7.12. The summed E-state index contributed by atoms with van der Waals surface area (Å²) >= 11 is 1.62. The lowest BCUT2D eigenvalue weighted by molar-refractivity contribution is 0.0532. The van der Waals surface area contributed by atoms with Crippen molar-refractivity contribution in [1.29, 1.82) is 0 Å². The molecule has 3 nitrogen and oxygen atoms in total. The molecule has 0 N–H and O–H groups in total. The van der Waals surface area contributed by atoms with Gasteiger partial charge in [-0.1, -0.05) is 29.8 Å². The molecule has 1 saturated heterocycles. The Morgan fingerprint density at radius 2 is 1.85 bits per heavy atom. The maximum absolute atomic E-state index is 12.3. The lowest BCUT2D eigenvalue weighted by Gasteiger charge is -2.27. The first kappa shape index (κ1) is 17.5. The highest BCUT2D eigenvalue weighted by Gasteiger charge is 2.26. The van der Waals surface area contributed by atoms with Crippen LogP contribution in [0.25, 0.3) is 5.57 Å². The number of hydrogen-bond acceptors (Lipinski definition) is 4. The molecule has 26 heavy (non-hydrogen) atoms. The zero-order valence-corrected chi connectivity index (χ0v) is 16.3. The van der Waals surface area contributed by atoms with Crippen LogP contribution in [0.4, 0.5) is 0 Å². The van der Waals surface area contributed by atoms with Gasteiger partial charge in [0.05, 0.1) is 6.61 Å². The van der Waals surface area contributed by atoms with Gasteiger partial charge in [-0.2, -0.15) is 0 Å². The van der Waals surface area contributed by atoms with Gasteiger partial charge in [0.25, 0.3) is 0 Å². The Kier molecular flexibility index (Phi) is 4.96. The Labute approximate surface area is 159 Å². The number of fused-ring (bicyclic) bond motifs is 2. The number of thiophene rings is 1. The van der Waals surface area contributed by atoms with Crippen LogP contribution in [0.15, 0.2) is 35.9 Å². The topological polar surface area (TPSA) is 29.5 Å². The summed E-state index contributed by atoms with van der Waals surface area (Å²) < 4.78 is 5.25. The van der Waals surface area contributed by atoms with Crippen molar-refractivity contribution in [3.05, 3.63) is 62.3 Å². The summed E-state index contributed by atoms with van der Waals surface area (Å²) in [5, 5.41) is 0. The van der Waals surface area contributed by atoms with Crippen LogP contribution < -0.4 is 0 Å². The Balaban J connectivity index is 1.86. The molecule has 4 rings (SSSR count). The molecule has 0 spiro atoms. The van der Waals surface area contributed by atoms with Crippen molar-refractivity contribution in [2.24, 2.45) is 0 Å². The molecule has 2 heterocycles. The fraction of sp³-hybridized carbons (Fsp3) is 0.409. The third-order valence-corrected chi connectivity index (χ3v) is 6.58. The molecular formula is C22H25NO2S. The smallest absolute Gasteiger partial charge is 0.348 e. The van der Waals surface area contributed by atoms with Gasteiger partial charge in [-0.15, -0.1) is 11.3 Å². The Morgan fingerprint density at radius 3 is 2.62 bits per heavy atom. The molecule has 0 amide bonds. The summed E-state index contributed by atoms with van der Waals surface area (Å²) in [6.07, 6.45) is 4.22. The van der Waals surface area contributed by atoms with Crippen LogP contribution in [0.2, 0.25) is 0 Å². The first-order chi connectivity index (χ1) is 12.7. The summed E-state index contributed by atoms with van der Waals surface area (Å²) in [6, 6.07) is 10.9. The van der Waals surface area contributed by atoms with Crippen molar-refractivity contribution >= 4 is 22.9 Å². The SMILES string of the molecule is CCOC(=O)c1cc2c(s1)C(=C1CCN(C)CC1)c1ccccc1CC2. The second-order valence-corrected chi connectivity index (χ2v) is 8.18. The van der Waals surface area contributed by atoms with Crippen LogP contribution in [-0.2, 0) is 17.6 Å². The van der Waals surface area contributed by atoms with Gasteiger partial charge in [-0.25, -0.2) is 4.79 Å². The summed E-state index contributed by atoms with van der Waals surface area (Å²) in [5.74, 6) is -0.188. The molecule has 0 saturated carbocycles. The van der Waals surface area contributed by atoms with Crippen molar-refractivity contribution in [2.45, 2.75) is 32.6 Å². The van der Waals surface area contributed by atoms with Crippen molar-refractivity contribution in [2.75, 3.05) is 26.7 Å². The van der Waals surface area contributed by atoms with Gasteiger partial charge in [0.1, 0.15) is 4.88 Å². The van der Waals surface area contributed by atoms with Crippen molar-refractivity contribution in [3.63, 3.8) is 0 Å². The molecule has 1 aliphatic heterocycles. The van der Waals surface area contributed by atoms with Gasteiger partial charge < -0.3 is 9.64 Å². The minimum atomic E-state index is -0.188. The van der Waals surface area contributed by atoms with Crippen molar-refractivity contribution in [1.82, 2.24) is 4.90 Å². The van der Waals surface area contributed by atoms with Crippen LogP contribution in [0.5, 0.6) is 0 Å². The molecule has 0 bridgehead atoms. The molecule has 0 atom stereocenters. The first-order valence-electron chi connectivity index (χ1n) is 9.46. The van der Waals surface area contributed by atoms with E-state index in [1.807, 2.05) is 6.92 Å². The first-order valence-corrected chi connectivity index (χ1v) is 10.3.